The molecule has 0 amide bonds. The maximum atomic E-state index is 12.8. The SMILES string of the molecule is Cc1cc(C(=O)OCc2cccc(C(F)(F)F)c2)c(C)cc1N=CN(C)C(C)C. The molecule has 0 radical (unpaired) electrons. The lowest BCUT2D eigenvalue weighted by Gasteiger charge is -2.17. The van der Waals surface area contributed by atoms with Gasteiger partial charge >= 0.3 is 12.1 Å². The van der Waals surface area contributed by atoms with Crippen molar-refractivity contribution in [1.82, 2.24) is 4.90 Å². The summed E-state index contributed by atoms with van der Waals surface area (Å²) in [6.07, 6.45) is -2.70. The maximum absolute atomic E-state index is 12.8. The minimum absolute atomic E-state index is 0.236. The molecule has 156 valence electrons. The normalized spacial score (nSPS) is 11.9. The lowest BCUT2D eigenvalue weighted by molar-refractivity contribution is -0.137. The van der Waals surface area contributed by atoms with Gasteiger partial charge in [-0.15, -0.1) is 0 Å². The van der Waals surface area contributed by atoms with Crippen LogP contribution in [0, 0.1) is 13.8 Å². The van der Waals surface area contributed by atoms with Gasteiger partial charge in [0.15, 0.2) is 0 Å². The van der Waals surface area contributed by atoms with Crippen LogP contribution in [0.2, 0.25) is 0 Å². The summed E-state index contributed by atoms with van der Waals surface area (Å²) >= 11 is 0. The number of hydrogen-bond donors (Lipinski definition) is 0. The number of alkyl halides is 3. The molecule has 0 fully saturated rings. The number of aliphatic imine (C=N–C) groups is 1. The van der Waals surface area contributed by atoms with Crippen LogP contribution in [-0.4, -0.2) is 30.3 Å². The molecular weight excluding hydrogens is 381 g/mol. The first-order valence-electron chi connectivity index (χ1n) is 9.19. The van der Waals surface area contributed by atoms with Gasteiger partial charge in [-0.2, -0.15) is 13.2 Å². The van der Waals surface area contributed by atoms with Crippen molar-refractivity contribution in [3.8, 4) is 0 Å². The summed E-state index contributed by atoms with van der Waals surface area (Å²) in [5.41, 5.74) is 2.10. The summed E-state index contributed by atoms with van der Waals surface area (Å²) in [5, 5.41) is 0. The van der Waals surface area contributed by atoms with Gasteiger partial charge in [0.25, 0.3) is 0 Å². The first kappa shape index (κ1) is 22.5. The van der Waals surface area contributed by atoms with Crippen molar-refractivity contribution in [2.24, 2.45) is 4.99 Å². The van der Waals surface area contributed by atoms with Gasteiger partial charge in [-0.1, -0.05) is 12.1 Å². The van der Waals surface area contributed by atoms with E-state index in [0.717, 1.165) is 23.4 Å². The van der Waals surface area contributed by atoms with Gasteiger partial charge in [-0.25, -0.2) is 9.79 Å². The third-order valence-corrected chi connectivity index (χ3v) is 4.58. The van der Waals surface area contributed by atoms with E-state index in [-0.39, 0.29) is 12.2 Å². The Kier molecular flexibility index (Phi) is 7.06. The molecule has 0 aliphatic heterocycles. The molecule has 29 heavy (non-hydrogen) atoms. The number of rotatable bonds is 6. The standard InChI is InChI=1S/C22H25F3N2O2/c1-14(2)27(5)13-26-20-10-15(3)19(9-16(20)4)21(28)29-12-17-7-6-8-18(11-17)22(23,24)25/h6-11,13-14H,12H2,1-5H3. The van der Waals surface area contributed by atoms with Gasteiger partial charge in [-0.05, 0) is 68.7 Å². The van der Waals surface area contributed by atoms with Crippen molar-refractivity contribution in [2.45, 2.75) is 46.5 Å². The minimum atomic E-state index is -4.44. The number of carbonyl (C=O) groups is 1. The van der Waals surface area contributed by atoms with Crippen LogP contribution < -0.4 is 0 Å². The summed E-state index contributed by atoms with van der Waals surface area (Å²) in [6.45, 7) is 7.47. The van der Waals surface area contributed by atoms with Crippen LogP contribution in [0.5, 0.6) is 0 Å². The smallest absolute Gasteiger partial charge is 0.416 e. The van der Waals surface area contributed by atoms with Crippen LogP contribution in [0.15, 0.2) is 41.4 Å². The number of carbonyl (C=O) groups excluding carboxylic acids is 1. The highest BCUT2D eigenvalue weighted by Crippen LogP contribution is 2.30. The fourth-order valence-corrected chi connectivity index (χ4v) is 2.51. The zero-order valence-corrected chi connectivity index (χ0v) is 17.2. The highest BCUT2D eigenvalue weighted by atomic mass is 19.4. The Balaban J connectivity index is 2.13. The summed E-state index contributed by atoms with van der Waals surface area (Å²) in [4.78, 5) is 18.9. The van der Waals surface area contributed by atoms with Crippen molar-refractivity contribution in [3.05, 3.63) is 64.2 Å². The first-order valence-corrected chi connectivity index (χ1v) is 9.19. The molecule has 7 heteroatoms. The molecular formula is C22H25F3N2O2. The molecule has 0 unspecified atom stereocenters. The molecule has 0 saturated heterocycles. The van der Waals surface area contributed by atoms with E-state index in [1.807, 2.05) is 32.7 Å². The number of halogens is 3. The molecule has 2 aromatic rings. The summed E-state index contributed by atoms with van der Waals surface area (Å²) in [5.74, 6) is -0.585. The highest BCUT2D eigenvalue weighted by Gasteiger charge is 2.30. The number of ether oxygens (including phenoxy) is 1. The predicted molar refractivity (Wildman–Crippen MR) is 108 cm³/mol. The quantitative estimate of drug-likeness (QED) is 0.352. The summed E-state index contributed by atoms with van der Waals surface area (Å²) in [6, 6.07) is 8.53. The zero-order chi connectivity index (χ0) is 21.8. The molecule has 0 aromatic heterocycles. The Hall–Kier alpha value is -2.83. The van der Waals surface area contributed by atoms with Gasteiger partial charge < -0.3 is 9.64 Å². The molecule has 0 saturated carbocycles. The number of nitrogens with zero attached hydrogens (tertiary/aromatic N) is 2. The van der Waals surface area contributed by atoms with Crippen LogP contribution in [0.3, 0.4) is 0 Å². The third-order valence-electron chi connectivity index (χ3n) is 4.58. The zero-order valence-electron chi connectivity index (χ0n) is 17.2. The Bertz CT molecular complexity index is 905. The minimum Gasteiger partial charge on any atom is -0.457 e. The number of esters is 1. The van der Waals surface area contributed by atoms with E-state index in [1.54, 1.807) is 25.4 Å². The number of hydrogen-bond acceptors (Lipinski definition) is 3. The molecule has 0 atom stereocenters. The van der Waals surface area contributed by atoms with E-state index >= 15 is 0 Å². The predicted octanol–water partition coefficient (Wildman–Crippen LogP) is 5.68. The molecule has 0 spiro atoms. The van der Waals surface area contributed by atoms with Crippen molar-refractivity contribution < 1.29 is 22.7 Å². The monoisotopic (exact) mass is 406 g/mol. The van der Waals surface area contributed by atoms with Crippen molar-refractivity contribution >= 4 is 18.0 Å². The lowest BCUT2D eigenvalue weighted by Crippen LogP contribution is -2.24. The fourth-order valence-electron chi connectivity index (χ4n) is 2.51. The first-order chi connectivity index (χ1) is 13.5. The van der Waals surface area contributed by atoms with E-state index in [2.05, 4.69) is 4.99 Å². The molecule has 2 rings (SSSR count). The summed E-state index contributed by atoms with van der Waals surface area (Å²) in [7, 11) is 1.93. The second kappa shape index (κ2) is 9.11. The van der Waals surface area contributed by atoms with Crippen LogP contribution in [0.1, 0.15) is 46.5 Å². The van der Waals surface area contributed by atoms with E-state index < -0.39 is 17.7 Å². The maximum Gasteiger partial charge on any atom is 0.416 e. The average Bonchev–Trinajstić information content (AvgIpc) is 2.65. The van der Waals surface area contributed by atoms with Crippen molar-refractivity contribution in [2.75, 3.05) is 7.05 Å². The second-order valence-corrected chi connectivity index (χ2v) is 7.23. The highest BCUT2D eigenvalue weighted by molar-refractivity contribution is 5.92. The van der Waals surface area contributed by atoms with Crippen LogP contribution >= 0.6 is 0 Å². The van der Waals surface area contributed by atoms with E-state index in [4.69, 9.17) is 4.74 Å². The van der Waals surface area contributed by atoms with Gasteiger partial charge in [0.1, 0.15) is 6.61 Å². The van der Waals surface area contributed by atoms with E-state index in [0.29, 0.717) is 17.2 Å². The molecule has 0 aliphatic carbocycles. The molecule has 4 nitrogen and oxygen atoms in total. The largest absolute Gasteiger partial charge is 0.457 e. The molecule has 0 N–H and O–H groups in total. The Morgan fingerprint density at radius 2 is 1.86 bits per heavy atom. The lowest BCUT2D eigenvalue weighted by atomic mass is 10.0. The van der Waals surface area contributed by atoms with Gasteiger partial charge in [0.05, 0.1) is 23.2 Å². The molecule has 2 aromatic carbocycles. The average molecular weight is 406 g/mol. The third kappa shape index (κ3) is 6.07. The fraction of sp³-hybridized carbons (Fsp3) is 0.364. The molecule has 0 bridgehead atoms. The topological polar surface area (TPSA) is 41.9 Å². The second-order valence-electron chi connectivity index (χ2n) is 7.23. The Morgan fingerprint density at radius 3 is 2.48 bits per heavy atom. The van der Waals surface area contributed by atoms with Gasteiger partial charge in [0, 0.05) is 13.1 Å². The van der Waals surface area contributed by atoms with Crippen molar-refractivity contribution in [1.29, 1.82) is 0 Å². The Labute approximate surface area is 169 Å². The number of aryl methyl sites for hydroxylation is 2. The Morgan fingerprint density at radius 1 is 1.17 bits per heavy atom. The van der Waals surface area contributed by atoms with E-state index in [9.17, 15) is 18.0 Å². The van der Waals surface area contributed by atoms with E-state index in [1.165, 1.54) is 12.1 Å². The van der Waals surface area contributed by atoms with Gasteiger partial charge in [-0.3, -0.25) is 0 Å². The van der Waals surface area contributed by atoms with Crippen molar-refractivity contribution in [3.63, 3.8) is 0 Å². The molecule has 0 heterocycles. The summed E-state index contributed by atoms with van der Waals surface area (Å²) < 4.78 is 43.6. The van der Waals surface area contributed by atoms with Crippen LogP contribution in [0.4, 0.5) is 18.9 Å². The van der Waals surface area contributed by atoms with Crippen LogP contribution in [0.25, 0.3) is 0 Å². The van der Waals surface area contributed by atoms with Crippen LogP contribution in [-0.2, 0) is 17.5 Å². The van der Waals surface area contributed by atoms with Gasteiger partial charge in [0.2, 0.25) is 0 Å². The number of benzene rings is 2. The molecule has 0 aliphatic rings.